The van der Waals surface area contributed by atoms with Crippen molar-refractivity contribution in [2.24, 2.45) is 0 Å². The lowest BCUT2D eigenvalue weighted by Crippen LogP contribution is -2.38. The van der Waals surface area contributed by atoms with Crippen LogP contribution in [-0.4, -0.2) is 18.3 Å². The number of hydrogen-bond acceptors (Lipinski definition) is 2. The van der Waals surface area contributed by atoms with E-state index in [-0.39, 0.29) is 0 Å². The molecule has 0 unspecified atom stereocenters. The molecule has 0 saturated carbocycles. The van der Waals surface area contributed by atoms with Gasteiger partial charge in [0.05, 0.1) is 50.0 Å². The van der Waals surface area contributed by atoms with Crippen LogP contribution in [0.15, 0.2) is 277 Å². The first-order valence-electron chi connectivity index (χ1n) is 24.9. The highest BCUT2D eigenvalue weighted by Gasteiger charge is 2.25. The van der Waals surface area contributed by atoms with Crippen molar-refractivity contribution in [3.05, 3.63) is 288 Å². The van der Waals surface area contributed by atoms with Gasteiger partial charge in [0.15, 0.2) is 0 Å². The van der Waals surface area contributed by atoms with Crippen LogP contribution >= 0.6 is 0 Å². The Morgan fingerprint density at radius 3 is 1.08 bits per heavy atom. The van der Waals surface area contributed by atoms with E-state index >= 15 is 9.59 Å². The van der Waals surface area contributed by atoms with Gasteiger partial charge in [-0.3, -0.25) is 9.36 Å². The number of hydrogen-bond donors (Lipinski definition) is 0. The summed E-state index contributed by atoms with van der Waals surface area (Å²) in [6.07, 6.45) is 0. The van der Waals surface area contributed by atoms with E-state index in [0.29, 0.717) is 28.0 Å². The minimum atomic E-state index is -0.478. The van der Waals surface area contributed by atoms with Gasteiger partial charge < -0.3 is 9.13 Å². The Kier molecular flexibility index (Phi) is 10.0. The van der Waals surface area contributed by atoms with Gasteiger partial charge in [0.25, 0.3) is 5.56 Å². The fraction of sp³-hybridized carbons (Fsp3) is 0. The van der Waals surface area contributed by atoms with Crippen molar-refractivity contribution in [3.8, 4) is 67.3 Å². The summed E-state index contributed by atoms with van der Waals surface area (Å²) in [7, 11) is 0. The zero-order chi connectivity index (χ0) is 49.3. The van der Waals surface area contributed by atoms with Crippen molar-refractivity contribution < 1.29 is 0 Å². The quantitative estimate of drug-likeness (QED) is 0.152. The highest BCUT2D eigenvalue weighted by Crippen LogP contribution is 2.41. The largest absolute Gasteiger partial charge is 0.340 e. The lowest BCUT2D eigenvalue weighted by atomic mass is 10.0. The topological polar surface area (TPSA) is 53.9 Å². The Labute approximate surface area is 425 Å². The first kappa shape index (κ1) is 42.8. The van der Waals surface area contributed by atoms with Gasteiger partial charge in [-0.15, -0.1) is 0 Å². The Morgan fingerprint density at radius 2 is 0.595 bits per heavy atom. The summed E-state index contributed by atoms with van der Waals surface area (Å²) in [6.45, 7) is 0. The Balaban J connectivity index is 1.12. The molecule has 348 valence electrons. The molecule has 14 aromatic rings. The molecule has 0 radical (unpaired) electrons. The van der Waals surface area contributed by atoms with E-state index in [2.05, 4.69) is 185 Å². The van der Waals surface area contributed by atoms with Crippen LogP contribution in [0.5, 0.6) is 0 Å². The molecule has 0 saturated heterocycles. The molecule has 11 aromatic carbocycles. The number of benzene rings is 11. The van der Waals surface area contributed by atoms with Crippen LogP contribution in [-0.2, 0) is 0 Å². The van der Waals surface area contributed by atoms with Crippen molar-refractivity contribution in [2.45, 2.75) is 0 Å². The first-order valence-corrected chi connectivity index (χ1v) is 24.9. The van der Waals surface area contributed by atoms with Crippen molar-refractivity contribution in [1.82, 2.24) is 18.3 Å². The average molecular weight is 949 g/mol. The molecule has 0 fully saturated rings. The van der Waals surface area contributed by atoms with Crippen molar-refractivity contribution in [3.63, 3.8) is 0 Å². The summed E-state index contributed by atoms with van der Waals surface area (Å²) in [5, 5.41) is 4.67. The van der Waals surface area contributed by atoms with Crippen LogP contribution in [0.25, 0.3) is 122 Å². The molecule has 0 spiro atoms. The van der Waals surface area contributed by atoms with E-state index in [1.165, 1.54) is 4.57 Å². The Hall–Kier alpha value is -10.0. The summed E-state index contributed by atoms with van der Waals surface area (Å²) < 4.78 is 7.60. The molecule has 0 aliphatic rings. The first-order chi connectivity index (χ1) is 36.6. The number of para-hydroxylation sites is 2. The number of aromatic nitrogens is 4. The molecule has 3 aromatic heterocycles. The monoisotopic (exact) mass is 948 g/mol. The molecule has 0 aliphatic heterocycles. The van der Waals surface area contributed by atoms with Crippen LogP contribution in [0.1, 0.15) is 0 Å². The summed E-state index contributed by atoms with van der Waals surface area (Å²) in [5.41, 5.74) is 14.6. The third-order valence-electron chi connectivity index (χ3n) is 14.6. The standard InChI is InChI=1S/C68H44N4O2/c73-67-60-43-55(69-61-27-15-13-25-56(61)58-41-51(33-39-63(58)69)47-21-9-3-10-22-47)44-65(72-62-28-16-14-26-57(62)59-42-52(34-40-64(59)72)48-23-11-4-12-24-48)66(60)70(53-35-29-49(30-36-53)45-17-5-1-6-18-45)68(74)71(67)54-37-31-50(32-38-54)46-19-7-2-8-20-46/h1-44H. The lowest BCUT2D eigenvalue weighted by Gasteiger charge is -2.21. The highest BCUT2D eigenvalue weighted by atomic mass is 16.2. The minimum absolute atomic E-state index is 0.384. The van der Waals surface area contributed by atoms with Gasteiger partial charge in [-0.2, -0.15) is 0 Å². The molecule has 0 N–H and O–H groups in total. The van der Waals surface area contributed by atoms with E-state index in [4.69, 9.17) is 0 Å². The summed E-state index contributed by atoms with van der Waals surface area (Å²) in [5.74, 6) is 0. The van der Waals surface area contributed by atoms with Gasteiger partial charge in [0, 0.05) is 27.2 Å². The molecule has 0 bridgehead atoms. The smallest absolute Gasteiger partial charge is 0.309 e. The number of rotatable bonds is 8. The van der Waals surface area contributed by atoms with E-state index in [1.807, 2.05) is 91.0 Å². The van der Waals surface area contributed by atoms with Crippen molar-refractivity contribution >= 4 is 54.5 Å². The second kappa shape index (κ2) is 17.4. The number of nitrogens with zero attached hydrogens (tertiary/aromatic N) is 4. The maximum atomic E-state index is 16.0. The highest BCUT2D eigenvalue weighted by molar-refractivity contribution is 6.13. The molecule has 0 aliphatic carbocycles. The van der Waals surface area contributed by atoms with Crippen LogP contribution < -0.4 is 11.2 Å². The molecule has 0 atom stereocenters. The van der Waals surface area contributed by atoms with Crippen LogP contribution in [0.3, 0.4) is 0 Å². The molecule has 0 amide bonds. The third kappa shape index (κ3) is 6.95. The Bertz CT molecular complexity index is 4590. The fourth-order valence-electron chi connectivity index (χ4n) is 11.1. The van der Waals surface area contributed by atoms with E-state index in [0.717, 1.165) is 93.8 Å². The van der Waals surface area contributed by atoms with E-state index in [9.17, 15) is 0 Å². The summed E-state index contributed by atoms with van der Waals surface area (Å²) in [4.78, 5) is 31.8. The molecule has 6 nitrogen and oxygen atoms in total. The van der Waals surface area contributed by atoms with Gasteiger partial charge in [-0.1, -0.05) is 194 Å². The molecular formula is C68H44N4O2. The predicted octanol–water partition coefficient (Wildman–Crippen LogP) is 16.0. The predicted molar refractivity (Wildman–Crippen MR) is 306 cm³/mol. The maximum absolute atomic E-state index is 16.0. The van der Waals surface area contributed by atoms with Crippen molar-refractivity contribution in [2.75, 3.05) is 0 Å². The minimum Gasteiger partial charge on any atom is -0.309 e. The third-order valence-corrected chi connectivity index (χ3v) is 14.6. The normalized spacial score (nSPS) is 11.6. The van der Waals surface area contributed by atoms with Crippen LogP contribution in [0.4, 0.5) is 0 Å². The number of fused-ring (bicyclic) bond motifs is 7. The molecule has 6 heteroatoms. The van der Waals surface area contributed by atoms with Gasteiger partial charge >= 0.3 is 5.69 Å². The summed E-state index contributed by atoms with van der Waals surface area (Å²) >= 11 is 0. The second-order valence-electron chi connectivity index (χ2n) is 18.8. The fourth-order valence-corrected chi connectivity index (χ4v) is 11.1. The molecular weight excluding hydrogens is 905 g/mol. The maximum Gasteiger partial charge on any atom is 0.340 e. The van der Waals surface area contributed by atoms with E-state index < -0.39 is 11.2 Å². The van der Waals surface area contributed by atoms with E-state index in [1.54, 1.807) is 4.57 Å². The average Bonchev–Trinajstić information content (AvgIpc) is 4.05. The van der Waals surface area contributed by atoms with Gasteiger partial charge in [-0.25, -0.2) is 9.36 Å². The SMILES string of the molecule is O=c1c2cc(-n3c4ccccc4c4cc(-c5ccccc5)ccc43)cc(-n3c4ccccc4c4cc(-c5ccccc5)ccc43)c2n(-c2ccc(-c3ccccc3)cc2)c(=O)n1-c1ccc(-c2ccccc2)cc1. The van der Waals surface area contributed by atoms with Crippen LogP contribution in [0, 0.1) is 0 Å². The molecule has 3 heterocycles. The second-order valence-corrected chi connectivity index (χ2v) is 18.8. The lowest BCUT2D eigenvalue weighted by molar-refractivity contribution is 0.832. The van der Waals surface area contributed by atoms with Crippen LogP contribution in [0.2, 0.25) is 0 Å². The summed E-state index contributed by atoms with van der Waals surface area (Å²) in [6, 6.07) is 91.3. The molecule has 14 rings (SSSR count). The van der Waals surface area contributed by atoms with Gasteiger partial charge in [0.2, 0.25) is 0 Å². The zero-order valence-electron chi connectivity index (χ0n) is 40.0. The zero-order valence-corrected chi connectivity index (χ0v) is 40.0. The molecule has 74 heavy (non-hydrogen) atoms. The van der Waals surface area contributed by atoms with Gasteiger partial charge in [-0.05, 0) is 117 Å². The van der Waals surface area contributed by atoms with Gasteiger partial charge in [0.1, 0.15) is 0 Å². The Morgan fingerprint density at radius 1 is 0.230 bits per heavy atom. The van der Waals surface area contributed by atoms with Crippen molar-refractivity contribution in [1.29, 1.82) is 0 Å².